The van der Waals surface area contributed by atoms with Crippen molar-refractivity contribution < 1.29 is 5.11 Å². The van der Waals surface area contributed by atoms with Gasteiger partial charge in [0.05, 0.1) is 16.1 Å². The first-order chi connectivity index (χ1) is 8.10. The fourth-order valence-electron chi connectivity index (χ4n) is 1.87. The summed E-state index contributed by atoms with van der Waals surface area (Å²) in [6.07, 6.45) is 1.55. The minimum atomic E-state index is -0.136. The molecule has 0 amide bonds. The molecule has 0 radical (unpaired) electrons. The molecule has 3 N–H and O–H groups in total. The molecule has 6 heteroatoms. The van der Waals surface area contributed by atoms with E-state index in [0.29, 0.717) is 27.6 Å². The summed E-state index contributed by atoms with van der Waals surface area (Å²) in [5.74, 6) is 1.73. The van der Waals surface area contributed by atoms with Gasteiger partial charge in [-0.25, -0.2) is 4.98 Å². The smallest absolute Gasteiger partial charge is 0.147 e. The molecule has 1 aromatic heterocycles. The van der Waals surface area contributed by atoms with Crippen molar-refractivity contribution >= 4 is 34.8 Å². The zero-order valence-corrected chi connectivity index (χ0v) is 11.0. The van der Waals surface area contributed by atoms with Crippen molar-refractivity contribution in [1.29, 1.82) is 0 Å². The van der Waals surface area contributed by atoms with Crippen LogP contribution in [0, 0.1) is 5.92 Å². The van der Waals surface area contributed by atoms with Crippen molar-refractivity contribution in [2.45, 2.75) is 18.9 Å². The highest BCUT2D eigenvalue weighted by molar-refractivity contribution is 6.37. The van der Waals surface area contributed by atoms with Gasteiger partial charge in [-0.15, -0.1) is 0 Å². The van der Waals surface area contributed by atoms with Crippen LogP contribution in [-0.4, -0.2) is 29.8 Å². The largest absolute Gasteiger partial charge is 0.393 e. The summed E-state index contributed by atoms with van der Waals surface area (Å²) in [6.45, 7) is 0.772. The minimum absolute atomic E-state index is 0.136. The lowest BCUT2D eigenvalue weighted by atomic mass is 9.82. The number of aliphatic hydroxyl groups excluding tert-OH is 1. The van der Waals surface area contributed by atoms with E-state index < -0.39 is 0 Å². The second-order valence-corrected chi connectivity index (χ2v) is 5.09. The maximum absolute atomic E-state index is 9.19. The van der Waals surface area contributed by atoms with E-state index in [1.165, 1.54) is 0 Å². The molecule has 1 fully saturated rings. The number of aliphatic hydroxyl groups is 1. The van der Waals surface area contributed by atoms with Crippen LogP contribution in [0.3, 0.4) is 0 Å². The summed E-state index contributed by atoms with van der Waals surface area (Å²) in [5, 5.41) is 16.3. The van der Waals surface area contributed by atoms with E-state index >= 15 is 0 Å². The van der Waals surface area contributed by atoms with E-state index in [9.17, 15) is 5.11 Å². The van der Waals surface area contributed by atoms with Gasteiger partial charge < -0.3 is 15.7 Å². The van der Waals surface area contributed by atoms with Gasteiger partial charge in [-0.2, -0.15) is 0 Å². The predicted octanol–water partition coefficient (Wildman–Crippen LogP) is 2.61. The number of nitrogens with zero attached hydrogens (tertiary/aromatic N) is 1. The quantitative estimate of drug-likeness (QED) is 0.791. The van der Waals surface area contributed by atoms with E-state index in [1.54, 1.807) is 13.1 Å². The molecule has 17 heavy (non-hydrogen) atoms. The third-order valence-corrected chi connectivity index (χ3v) is 3.51. The molecule has 1 aliphatic rings. The highest BCUT2D eigenvalue weighted by atomic mass is 35.5. The second kappa shape index (κ2) is 5.29. The fourth-order valence-corrected chi connectivity index (χ4v) is 2.39. The molecule has 0 aliphatic heterocycles. The molecule has 2 rings (SSSR count). The van der Waals surface area contributed by atoms with Crippen LogP contribution in [0.25, 0.3) is 0 Å². The molecule has 1 aromatic rings. The number of rotatable bonds is 4. The zero-order valence-electron chi connectivity index (χ0n) is 9.50. The minimum Gasteiger partial charge on any atom is -0.393 e. The van der Waals surface area contributed by atoms with Crippen LogP contribution >= 0.6 is 23.2 Å². The van der Waals surface area contributed by atoms with Crippen molar-refractivity contribution in [1.82, 2.24) is 4.98 Å². The zero-order chi connectivity index (χ0) is 12.4. The van der Waals surface area contributed by atoms with Crippen molar-refractivity contribution in [3.8, 4) is 0 Å². The van der Waals surface area contributed by atoms with Gasteiger partial charge in [0.15, 0.2) is 0 Å². The number of anilines is 2. The number of halogens is 2. The molecule has 1 heterocycles. The lowest BCUT2D eigenvalue weighted by molar-refractivity contribution is 0.0486. The average Bonchev–Trinajstić information content (AvgIpc) is 2.25. The molecule has 4 nitrogen and oxygen atoms in total. The van der Waals surface area contributed by atoms with Gasteiger partial charge in [0.25, 0.3) is 0 Å². The Morgan fingerprint density at radius 2 is 2.00 bits per heavy atom. The van der Waals surface area contributed by atoms with Crippen molar-refractivity contribution in [2.24, 2.45) is 5.92 Å². The third kappa shape index (κ3) is 2.94. The molecule has 0 atom stereocenters. The summed E-state index contributed by atoms with van der Waals surface area (Å²) >= 11 is 12.0. The maximum Gasteiger partial charge on any atom is 0.147 e. The topological polar surface area (TPSA) is 57.2 Å². The Balaban J connectivity index is 2.00. The highest BCUT2D eigenvalue weighted by Crippen LogP contribution is 2.31. The Bertz CT molecular complexity index is 408. The number of hydrogen-bond donors (Lipinski definition) is 3. The Morgan fingerprint density at radius 1 is 1.35 bits per heavy atom. The van der Waals surface area contributed by atoms with Crippen LogP contribution in [0.4, 0.5) is 11.6 Å². The van der Waals surface area contributed by atoms with E-state index in [2.05, 4.69) is 15.6 Å². The van der Waals surface area contributed by atoms with Crippen molar-refractivity contribution in [3.05, 3.63) is 16.1 Å². The van der Waals surface area contributed by atoms with Gasteiger partial charge in [0.2, 0.25) is 0 Å². The molecular weight excluding hydrogens is 261 g/mol. The molecule has 0 aromatic carbocycles. The van der Waals surface area contributed by atoms with Gasteiger partial charge >= 0.3 is 0 Å². The normalized spacial score (nSPS) is 23.1. The Morgan fingerprint density at radius 3 is 2.59 bits per heavy atom. The van der Waals surface area contributed by atoms with Gasteiger partial charge in [-0.05, 0) is 24.8 Å². The van der Waals surface area contributed by atoms with Crippen LogP contribution < -0.4 is 10.6 Å². The molecule has 0 saturated heterocycles. The standard InChI is InChI=1S/C11H15Cl2N3O/c1-14-10-8(12)4-9(13)11(16-10)15-5-6-2-7(17)3-6/h4,6-7,17H,2-3,5H2,1H3,(H2,14,15,16). The van der Waals surface area contributed by atoms with E-state index in [4.69, 9.17) is 23.2 Å². The van der Waals surface area contributed by atoms with Crippen LogP contribution in [0.15, 0.2) is 6.07 Å². The molecule has 0 bridgehead atoms. The average molecular weight is 276 g/mol. The van der Waals surface area contributed by atoms with Gasteiger partial charge in [0.1, 0.15) is 11.6 Å². The Hall–Kier alpha value is -0.710. The molecule has 94 valence electrons. The number of hydrogen-bond acceptors (Lipinski definition) is 4. The highest BCUT2D eigenvalue weighted by Gasteiger charge is 2.26. The van der Waals surface area contributed by atoms with Crippen molar-refractivity contribution in [3.63, 3.8) is 0 Å². The first-order valence-corrected chi connectivity index (χ1v) is 6.31. The molecule has 0 spiro atoms. The first kappa shape index (κ1) is 12.7. The summed E-state index contributed by atoms with van der Waals surface area (Å²) in [6, 6.07) is 1.67. The van der Waals surface area contributed by atoms with Crippen LogP contribution in [-0.2, 0) is 0 Å². The first-order valence-electron chi connectivity index (χ1n) is 5.56. The number of pyridine rings is 1. The van der Waals surface area contributed by atoms with Gasteiger partial charge in [0, 0.05) is 13.6 Å². The predicted molar refractivity (Wildman–Crippen MR) is 71.0 cm³/mol. The van der Waals surface area contributed by atoms with E-state index in [0.717, 1.165) is 19.4 Å². The lowest BCUT2D eigenvalue weighted by Gasteiger charge is -2.31. The van der Waals surface area contributed by atoms with E-state index in [-0.39, 0.29) is 6.10 Å². The monoisotopic (exact) mass is 275 g/mol. The number of aromatic nitrogens is 1. The maximum atomic E-state index is 9.19. The van der Waals surface area contributed by atoms with Gasteiger partial charge in [-0.1, -0.05) is 23.2 Å². The van der Waals surface area contributed by atoms with Gasteiger partial charge in [-0.3, -0.25) is 0 Å². The molecule has 1 aliphatic carbocycles. The Kier molecular flexibility index (Phi) is 3.97. The lowest BCUT2D eigenvalue weighted by Crippen LogP contribution is -2.33. The SMILES string of the molecule is CNc1nc(NCC2CC(O)C2)c(Cl)cc1Cl. The summed E-state index contributed by atoms with van der Waals surface area (Å²) in [4.78, 5) is 4.29. The van der Waals surface area contributed by atoms with Crippen LogP contribution in [0.5, 0.6) is 0 Å². The molecule has 1 saturated carbocycles. The molecular formula is C11H15Cl2N3O. The summed E-state index contributed by atoms with van der Waals surface area (Å²) in [5.41, 5.74) is 0. The molecule has 0 unspecified atom stereocenters. The summed E-state index contributed by atoms with van der Waals surface area (Å²) in [7, 11) is 1.76. The van der Waals surface area contributed by atoms with E-state index in [1.807, 2.05) is 0 Å². The third-order valence-electron chi connectivity index (χ3n) is 2.94. The number of nitrogens with one attached hydrogen (secondary N) is 2. The van der Waals surface area contributed by atoms with Crippen LogP contribution in [0.2, 0.25) is 10.0 Å². The summed E-state index contributed by atoms with van der Waals surface area (Å²) < 4.78 is 0. The van der Waals surface area contributed by atoms with Crippen LogP contribution in [0.1, 0.15) is 12.8 Å². The van der Waals surface area contributed by atoms with Crippen molar-refractivity contribution in [2.75, 3.05) is 24.2 Å². The second-order valence-electron chi connectivity index (χ2n) is 4.27. The Labute approximate surface area is 110 Å². The fraction of sp³-hybridized carbons (Fsp3) is 0.545.